The molecule has 0 aromatic rings. The molecule has 0 N–H and O–H groups in total. The highest BCUT2D eigenvalue weighted by molar-refractivity contribution is 5.02. The van der Waals surface area contributed by atoms with Crippen molar-refractivity contribution < 1.29 is 0 Å². The van der Waals surface area contributed by atoms with Crippen molar-refractivity contribution >= 4 is 0 Å². The molecule has 0 saturated heterocycles. The molecule has 5 unspecified atom stereocenters. The van der Waals surface area contributed by atoms with Crippen LogP contribution in [0.1, 0.15) is 39.0 Å². The van der Waals surface area contributed by atoms with Crippen LogP contribution in [0.2, 0.25) is 0 Å². The summed E-state index contributed by atoms with van der Waals surface area (Å²) < 4.78 is 0. The van der Waals surface area contributed by atoms with Crippen molar-refractivity contribution in [3.05, 3.63) is 0 Å². The molecule has 0 amide bonds. The van der Waals surface area contributed by atoms with Crippen molar-refractivity contribution in [3.8, 4) is 0 Å². The maximum absolute atomic E-state index is 2.49. The number of hydrogen-bond acceptors (Lipinski definition) is 0. The zero-order valence-corrected chi connectivity index (χ0v) is 7.42. The van der Waals surface area contributed by atoms with E-state index in [-0.39, 0.29) is 0 Å². The van der Waals surface area contributed by atoms with Gasteiger partial charge in [0.1, 0.15) is 0 Å². The van der Waals surface area contributed by atoms with Crippen LogP contribution in [-0.4, -0.2) is 0 Å². The van der Waals surface area contributed by atoms with E-state index in [2.05, 4.69) is 6.92 Å². The topological polar surface area (TPSA) is 0 Å². The normalized spacial score (nSPS) is 60.3. The lowest BCUT2D eigenvalue weighted by atomic mass is 9.78. The Labute approximate surface area is 69.4 Å². The third kappa shape index (κ3) is 0.816. The van der Waals surface area contributed by atoms with Crippen LogP contribution in [0, 0.1) is 29.6 Å². The molecule has 3 aliphatic carbocycles. The first-order chi connectivity index (χ1) is 5.36. The first-order valence-corrected chi connectivity index (χ1v) is 5.36. The second-order valence-electron chi connectivity index (χ2n) is 5.13. The lowest BCUT2D eigenvalue weighted by Gasteiger charge is -2.27. The molecule has 62 valence electrons. The lowest BCUT2D eigenvalue weighted by Crippen LogP contribution is -2.20. The molecule has 0 aromatic carbocycles. The SMILES string of the molecule is CC1CCC2CCC3CC3C12. The molecule has 3 fully saturated rings. The summed E-state index contributed by atoms with van der Waals surface area (Å²) in [6.45, 7) is 2.49. The van der Waals surface area contributed by atoms with Gasteiger partial charge in [-0.25, -0.2) is 0 Å². The van der Waals surface area contributed by atoms with Gasteiger partial charge in [-0.1, -0.05) is 13.3 Å². The quantitative estimate of drug-likeness (QED) is 0.498. The van der Waals surface area contributed by atoms with Crippen molar-refractivity contribution in [2.45, 2.75) is 39.0 Å². The molecule has 5 atom stereocenters. The van der Waals surface area contributed by atoms with Gasteiger partial charge in [-0.05, 0) is 55.3 Å². The second-order valence-corrected chi connectivity index (χ2v) is 5.13. The standard InChI is InChI=1S/C11H18/c1-7-2-3-8-4-5-9-6-10(9)11(7)8/h7-11H,2-6H2,1H3. The molecule has 11 heavy (non-hydrogen) atoms. The summed E-state index contributed by atoms with van der Waals surface area (Å²) in [7, 11) is 0. The zero-order chi connectivity index (χ0) is 7.42. The maximum atomic E-state index is 2.49. The number of rotatable bonds is 0. The largest absolute Gasteiger partial charge is 0.0622 e. The Morgan fingerprint density at radius 2 is 1.64 bits per heavy atom. The highest BCUT2D eigenvalue weighted by Gasteiger charge is 2.52. The van der Waals surface area contributed by atoms with E-state index >= 15 is 0 Å². The number of fused-ring (bicyclic) bond motifs is 3. The Hall–Kier alpha value is 0. The van der Waals surface area contributed by atoms with Gasteiger partial charge < -0.3 is 0 Å². The zero-order valence-electron chi connectivity index (χ0n) is 7.42. The minimum Gasteiger partial charge on any atom is -0.0622 e. The van der Waals surface area contributed by atoms with Gasteiger partial charge in [-0.15, -0.1) is 0 Å². The van der Waals surface area contributed by atoms with E-state index in [0.29, 0.717) is 0 Å². The molecule has 0 heteroatoms. The molecule has 0 radical (unpaired) electrons. The molecule has 0 aliphatic heterocycles. The van der Waals surface area contributed by atoms with Gasteiger partial charge in [0.15, 0.2) is 0 Å². The monoisotopic (exact) mass is 150 g/mol. The van der Waals surface area contributed by atoms with Gasteiger partial charge >= 0.3 is 0 Å². The van der Waals surface area contributed by atoms with Crippen LogP contribution in [0.25, 0.3) is 0 Å². The summed E-state index contributed by atoms with van der Waals surface area (Å²) >= 11 is 0. The predicted molar refractivity (Wildman–Crippen MR) is 46.2 cm³/mol. The van der Waals surface area contributed by atoms with Crippen molar-refractivity contribution in [1.29, 1.82) is 0 Å². The van der Waals surface area contributed by atoms with Gasteiger partial charge in [0.2, 0.25) is 0 Å². The predicted octanol–water partition coefficient (Wildman–Crippen LogP) is 3.08. The fourth-order valence-electron chi connectivity index (χ4n) is 3.94. The van der Waals surface area contributed by atoms with Gasteiger partial charge in [0, 0.05) is 0 Å². The van der Waals surface area contributed by atoms with Crippen LogP contribution >= 0.6 is 0 Å². The Morgan fingerprint density at radius 3 is 2.55 bits per heavy atom. The fraction of sp³-hybridized carbons (Fsp3) is 1.00. The third-order valence-corrected chi connectivity index (χ3v) is 4.57. The maximum Gasteiger partial charge on any atom is -0.0329 e. The summed E-state index contributed by atoms with van der Waals surface area (Å²) in [4.78, 5) is 0. The van der Waals surface area contributed by atoms with Gasteiger partial charge in [0.25, 0.3) is 0 Å². The van der Waals surface area contributed by atoms with E-state index in [1.165, 1.54) is 17.8 Å². The molecule has 3 saturated carbocycles. The Bertz CT molecular complexity index is 173. The van der Waals surface area contributed by atoms with E-state index in [9.17, 15) is 0 Å². The van der Waals surface area contributed by atoms with E-state index in [1.54, 1.807) is 32.1 Å². The summed E-state index contributed by atoms with van der Waals surface area (Å²) in [5.41, 5.74) is 0. The highest BCUT2D eigenvalue weighted by atomic mass is 14.6. The van der Waals surface area contributed by atoms with E-state index in [1.807, 2.05) is 0 Å². The third-order valence-electron chi connectivity index (χ3n) is 4.57. The van der Waals surface area contributed by atoms with Crippen molar-refractivity contribution in [1.82, 2.24) is 0 Å². The Morgan fingerprint density at radius 1 is 0.909 bits per heavy atom. The average Bonchev–Trinajstić information content (AvgIpc) is 2.71. The second kappa shape index (κ2) is 2.02. The minimum atomic E-state index is 1.08. The first kappa shape index (κ1) is 6.51. The van der Waals surface area contributed by atoms with Crippen LogP contribution in [0.4, 0.5) is 0 Å². The van der Waals surface area contributed by atoms with E-state index in [4.69, 9.17) is 0 Å². The van der Waals surface area contributed by atoms with Crippen LogP contribution in [0.3, 0.4) is 0 Å². The number of hydrogen-bond donors (Lipinski definition) is 0. The molecule has 0 aromatic heterocycles. The molecular formula is C11H18. The van der Waals surface area contributed by atoms with Crippen LogP contribution in [0.15, 0.2) is 0 Å². The summed E-state index contributed by atoms with van der Waals surface area (Å²) in [5, 5.41) is 0. The first-order valence-electron chi connectivity index (χ1n) is 5.36. The van der Waals surface area contributed by atoms with Crippen LogP contribution in [0.5, 0.6) is 0 Å². The van der Waals surface area contributed by atoms with Crippen molar-refractivity contribution in [3.63, 3.8) is 0 Å². The fourth-order valence-corrected chi connectivity index (χ4v) is 3.94. The highest BCUT2D eigenvalue weighted by Crippen LogP contribution is 2.61. The van der Waals surface area contributed by atoms with Crippen molar-refractivity contribution in [2.24, 2.45) is 29.6 Å². The molecule has 0 bridgehead atoms. The van der Waals surface area contributed by atoms with E-state index in [0.717, 1.165) is 11.8 Å². The summed E-state index contributed by atoms with van der Waals surface area (Å²) in [6.07, 6.45) is 7.87. The molecule has 0 nitrogen and oxygen atoms in total. The average molecular weight is 150 g/mol. The van der Waals surface area contributed by atoms with Gasteiger partial charge in [-0.3, -0.25) is 0 Å². The van der Waals surface area contributed by atoms with Gasteiger partial charge in [-0.2, -0.15) is 0 Å². The lowest BCUT2D eigenvalue weighted by molar-refractivity contribution is 0.220. The molecular weight excluding hydrogens is 132 g/mol. The van der Waals surface area contributed by atoms with Crippen molar-refractivity contribution in [2.75, 3.05) is 0 Å². The molecule has 3 aliphatic rings. The smallest absolute Gasteiger partial charge is 0.0329 e. The van der Waals surface area contributed by atoms with Crippen LogP contribution in [-0.2, 0) is 0 Å². The van der Waals surface area contributed by atoms with Crippen LogP contribution < -0.4 is 0 Å². The Kier molecular flexibility index (Phi) is 1.20. The Balaban J connectivity index is 1.84. The summed E-state index contributed by atoms with van der Waals surface area (Å²) in [5.74, 6) is 5.81. The molecule has 3 rings (SSSR count). The molecule has 0 heterocycles. The minimum absolute atomic E-state index is 1.08. The summed E-state index contributed by atoms with van der Waals surface area (Å²) in [6, 6.07) is 0. The van der Waals surface area contributed by atoms with E-state index < -0.39 is 0 Å². The molecule has 0 spiro atoms. The van der Waals surface area contributed by atoms with Gasteiger partial charge in [0.05, 0.1) is 0 Å².